The summed E-state index contributed by atoms with van der Waals surface area (Å²) in [5.41, 5.74) is 0.549. The van der Waals surface area contributed by atoms with Gasteiger partial charge in [-0.15, -0.1) is 0 Å². The molecule has 0 aromatic heterocycles. The van der Waals surface area contributed by atoms with Gasteiger partial charge in [0.25, 0.3) is 0 Å². The van der Waals surface area contributed by atoms with Crippen LogP contribution in [0.15, 0.2) is 0 Å². The molecule has 18 heavy (non-hydrogen) atoms. The maximum absolute atomic E-state index is 6.18. The van der Waals surface area contributed by atoms with Crippen LogP contribution in [0.25, 0.3) is 0 Å². The quantitative estimate of drug-likeness (QED) is 0.805. The molecule has 2 fully saturated rings. The standard InChI is InChI=1S/C16H31NO/c1-16(2)10-8-14(9-11-16)18-12-15(17-3)13-6-4-5-7-13/h13-15,17H,4-12H2,1-3H3. The van der Waals surface area contributed by atoms with E-state index < -0.39 is 0 Å². The average molecular weight is 253 g/mol. The molecule has 2 aliphatic carbocycles. The SMILES string of the molecule is CNC(COC1CCC(C)(C)CC1)C1CCCC1. The Bertz CT molecular complexity index is 235. The van der Waals surface area contributed by atoms with E-state index in [-0.39, 0.29) is 0 Å². The minimum absolute atomic E-state index is 0.523. The van der Waals surface area contributed by atoms with Crippen molar-refractivity contribution in [3.8, 4) is 0 Å². The van der Waals surface area contributed by atoms with Crippen molar-refractivity contribution < 1.29 is 4.74 Å². The maximum Gasteiger partial charge on any atom is 0.0625 e. The molecule has 1 atom stereocenters. The maximum atomic E-state index is 6.18. The Morgan fingerprint density at radius 1 is 1.11 bits per heavy atom. The summed E-state index contributed by atoms with van der Waals surface area (Å²) in [6.45, 7) is 5.70. The molecule has 1 N–H and O–H groups in total. The Hall–Kier alpha value is -0.0800. The fourth-order valence-corrected chi connectivity index (χ4v) is 3.59. The summed E-state index contributed by atoms with van der Waals surface area (Å²) in [6, 6.07) is 0.586. The number of nitrogens with one attached hydrogen (secondary N) is 1. The van der Waals surface area contributed by atoms with E-state index in [0.29, 0.717) is 17.6 Å². The van der Waals surface area contributed by atoms with E-state index in [9.17, 15) is 0 Å². The van der Waals surface area contributed by atoms with Gasteiger partial charge in [0.1, 0.15) is 0 Å². The Labute approximate surface area is 113 Å². The predicted molar refractivity (Wildman–Crippen MR) is 76.8 cm³/mol. The first kappa shape index (κ1) is 14.3. The van der Waals surface area contributed by atoms with Crippen molar-refractivity contribution in [3.05, 3.63) is 0 Å². The third kappa shape index (κ3) is 3.96. The van der Waals surface area contributed by atoms with Gasteiger partial charge in [-0.1, -0.05) is 26.7 Å². The van der Waals surface area contributed by atoms with Crippen LogP contribution in [-0.4, -0.2) is 25.8 Å². The zero-order valence-electron chi connectivity index (χ0n) is 12.5. The number of likely N-dealkylation sites (N-methyl/N-ethyl adjacent to an activating group) is 1. The molecule has 0 aromatic rings. The second-order valence-electron chi connectivity index (χ2n) is 7.14. The molecule has 0 heterocycles. The van der Waals surface area contributed by atoms with Crippen molar-refractivity contribution in [2.24, 2.45) is 11.3 Å². The molecule has 2 aliphatic rings. The van der Waals surface area contributed by atoms with E-state index in [1.807, 2.05) is 0 Å². The summed E-state index contributed by atoms with van der Waals surface area (Å²) in [5, 5.41) is 3.47. The van der Waals surface area contributed by atoms with E-state index in [2.05, 4.69) is 26.2 Å². The zero-order valence-corrected chi connectivity index (χ0v) is 12.5. The summed E-state index contributed by atoms with van der Waals surface area (Å²) in [5.74, 6) is 0.857. The van der Waals surface area contributed by atoms with Crippen LogP contribution >= 0.6 is 0 Å². The molecule has 0 saturated heterocycles. The van der Waals surface area contributed by atoms with Crippen LogP contribution in [0.2, 0.25) is 0 Å². The average Bonchev–Trinajstić information content (AvgIpc) is 2.86. The van der Waals surface area contributed by atoms with Gasteiger partial charge in [-0.25, -0.2) is 0 Å². The highest BCUT2D eigenvalue weighted by Gasteiger charge is 2.29. The smallest absolute Gasteiger partial charge is 0.0625 e. The number of ether oxygens (including phenoxy) is 1. The molecule has 1 unspecified atom stereocenters. The van der Waals surface area contributed by atoms with Crippen molar-refractivity contribution in [1.82, 2.24) is 5.32 Å². The van der Waals surface area contributed by atoms with Crippen LogP contribution < -0.4 is 5.32 Å². The summed E-state index contributed by atoms with van der Waals surface area (Å²) >= 11 is 0. The molecular weight excluding hydrogens is 222 g/mol. The van der Waals surface area contributed by atoms with Gasteiger partial charge in [0.2, 0.25) is 0 Å². The zero-order chi connectivity index (χ0) is 13.0. The lowest BCUT2D eigenvalue weighted by Gasteiger charge is -2.35. The first-order valence-electron chi connectivity index (χ1n) is 7.89. The highest BCUT2D eigenvalue weighted by Crippen LogP contribution is 2.36. The first-order valence-corrected chi connectivity index (χ1v) is 7.89. The van der Waals surface area contributed by atoms with Crippen molar-refractivity contribution in [2.75, 3.05) is 13.7 Å². The van der Waals surface area contributed by atoms with Gasteiger partial charge in [0.05, 0.1) is 12.7 Å². The van der Waals surface area contributed by atoms with Gasteiger partial charge in [-0.2, -0.15) is 0 Å². The van der Waals surface area contributed by atoms with E-state index in [4.69, 9.17) is 4.74 Å². The van der Waals surface area contributed by atoms with Gasteiger partial charge in [0, 0.05) is 6.04 Å². The molecular formula is C16H31NO. The highest BCUT2D eigenvalue weighted by molar-refractivity contribution is 4.82. The predicted octanol–water partition coefficient (Wildman–Crippen LogP) is 3.75. The van der Waals surface area contributed by atoms with Gasteiger partial charge in [-0.3, -0.25) is 0 Å². The summed E-state index contributed by atoms with van der Waals surface area (Å²) in [6.07, 6.45) is 11.3. The van der Waals surface area contributed by atoms with Crippen molar-refractivity contribution in [2.45, 2.75) is 77.4 Å². The van der Waals surface area contributed by atoms with Crippen LogP contribution in [0.5, 0.6) is 0 Å². The molecule has 106 valence electrons. The third-order valence-electron chi connectivity index (χ3n) is 5.14. The van der Waals surface area contributed by atoms with Crippen LogP contribution in [-0.2, 0) is 4.74 Å². The van der Waals surface area contributed by atoms with Crippen molar-refractivity contribution in [3.63, 3.8) is 0 Å². The van der Waals surface area contributed by atoms with E-state index in [0.717, 1.165) is 12.5 Å². The fraction of sp³-hybridized carbons (Fsp3) is 1.00. The van der Waals surface area contributed by atoms with Gasteiger partial charge < -0.3 is 10.1 Å². The molecule has 0 bridgehead atoms. The fourth-order valence-electron chi connectivity index (χ4n) is 3.59. The number of rotatable bonds is 5. The molecule has 2 saturated carbocycles. The Morgan fingerprint density at radius 3 is 2.28 bits per heavy atom. The Balaban J connectivity index is 1.70. The van der Waals surface area contributed by atoms with Crippen molar-refractivity contribution >= 4 is 0 Å². The molecule has 0 radical (unpaired) electrons. The van der Waals surface area contributed by atoms with Crippen LogP contribution in [0.3, 0.4) is 0 Å². The second kappa shape index (κ2) is 6.38. The Morgan fingerprint density at radius 2 is 1.72 bits per heavy atom. The summed E-state index contributed by atoms with van der Waals surface area (Å²) < 4.78 is 6.18. The molecule has 2 heteroatoms. The lowest BCUT2D eigenvalue weighted by atomic mass is 9.76. The molecule has 0 spiro atoms. The monoisotopic (exact) mass is 253 g/mol. The van der Waals surface area contributed by atoms with Crippen LogP contribution in [0.4, 0.5) is 0 Å². The summed E-state index contributed by atoms with van der Waals surface area (Å²) in [4.78, 5) is 0. The van der Waals surface area contributed by atoms with Gasteiger partial charge in [0.15, 0.2) is 0 Å². The van der Waals surface area contributed by atoms with Crippen molar-refractivity contribution in [1.29, 1.82) is 0 Å². The highest BCUT2D eigenvalue weighted by atomic mass is 16.5. The minimum atomic E-state index is 0.523. The lowest BCUT2D eigenvalue weighted by Crippen LogP contribution is -2.39. The molecule has 0 amide bonds. The van der Waals surface area contributed by atoms with Crippen LogP contribution in [0, 0.1) is 11.3 Å². The van der Waals surface area contributed by atoms with Crippen LogP contribution in [0.1, 0.15) is 65.2 Å². The number of hydrogen-bond acceptors (Lipinski definition) is 2. The Kier molecular flexibility index (Phi) is 5.08. The summed E-state index contributed by atoms with van der Waals surface area (Å²) in [7, 11) is 2.09. The number of hydrogen-bond donors (Lipinski definition) is 1. The van der Waals surface area contributed by atoms with Gasteiger partial charge >= 0.3 is 0 Å². The van der Waals surface area contributed by atoms with E-state index >= 15 is 0 Å². The first-order chi connectivity index (χ1) is 8.61. The van der Waals surface area contributed by atoms with E-state index in [1.54, 1.807) is 0 Å². The molecule has 2 nitrogen and oxygen atoms in total. The lowest BCUT2D eigenvalue weighted by molar-refractivity contribution is -0.0112. The minimum Gasteiger partial charge on any atom is -0.377 e. The molecule has 0 aromatic carbocycles. The largest absolute Gasteiger partial charge is 0.377 e. The van der Waals surface area contributed by atoms with Gasteiger partial charge in [-0.05, 0) is 56.9 Å². The topological polar surface area (TPSA) is 21.3 Å². The molecule has 2 rings (SSSR count). The normalized spacial score (nSPS) is 27.5. The second-order valence-corrected chi connectivity index (χ2v) is 7.14. The third-order valence-corrected chi connectivity index (χ3v) is 5.14. The van der Waals surface area contributed by atoms with E-state index in [1.165, 1.54) is 51.4 Å². The molecule has 0 aliphatic heterocycles.